The number of carbonyl (C=O) groups is 1. The van der Waals surface area contributed by atoms with Gasteiger partial charge in [-0.2, -0.15) is 0 Å². The van der Waals surface area contributed by atoms with Gasteiger partial charge in [0.15, 0.2) is 0 Å². The van der Waals surface area contributed by atoms with Crippen LogP contribution in [0.25, 0.3) is 0 Å². The predicted octanol–water partition coefficient (Wildman–Crippen LogP) is 3.29. The maximum absolute atomic E-state index is 11.0. The Bertz CT molecular complexity index is 630. The van der Waals surface area contributed by atoms with Gasteiger partial charge in [-0.15, -0.1) is 0 Å². The van der Waals surface area contributed by atoms with Crippen LogP contribution in [0.3, 0.4) is 0 Å². The van der Waals surface area contributed by atoms with Crippen molar-refractivity contribution in [3.63, 3.8) is 0 Å². The van der Waals surface area contributed by atoms with E-state index < -0.39 is 0 Å². The molecule has 122 valence electrons. The van der Waals surface area contributed by atoms with Crippen molar-refractivity contribution >= 4 is 5.91 Å². The number of amides is 1. The number of benzene rings is 2. The van der Waals surface area contributed by atoms with E-state index in [1.165, 1.54) is 11.1 Å². The van der Waals surface area contributed by atoms with Crippen molar-refractivity contribution < 1.29 is 45.5 Å². The zero-order valence-electron chi connectivity index (χ0n) is 13.5. The number of aryl methyl sites for hydroxylation is 2. The predicted molar refractivity (Wildman–Crippen MR) is 86.3 cm³/mol. The van der Waals surface area contributed by atoms with Crippen molar-refractivity contribution in [3.05, 3.63) is 70.8 Å². The summed E-state index contributed by atoms with van der Waals surface area (Å²) < 4.78 is 3.67. The third-order valence-corrected chi connectivity index (χ3v) is 4.11. The third-order valence-electron chi connectivity index (χ3n) is 3.38. The Kier molecular flexibility index (Phi) is 12.2. The van der Waals surface area contributed by atoms with Gasteiger partial charge < -0.3 is 5.73 Å². The molecule has 5 heteroatoms. The van der Waals surface area contributed by atoms with Gasteiger partial charge in [0, 0.05) is 21.1 Å². The molecule has 2 rings (SSSR count). The van der Waals surface area contributed by atoms with E-state index in [0.717, 1.165) is 43.7 Å². The summed E-state index contributed by atoms with van der Waals surface area (Å²) in [5, 5.41) is 0. The molecule has 2 aromatic rings. The molecule has 0 unspecified atom stereocenters. The molecule has 0 aliphatic carbocycles. The summed E-state index contributed by atoms with van der Waals surface area (Å²) in [5.41, 5.74) is 10.4. The number of nitrogens with zero attached hydrogens (tertiary/aromatic N) is 1. The van der Waals surface area contributed by atoms with Crippen LogP contribution in [0.15, 0.2) is 52.0 Å². The van der Waals surface area contributed by atoms with Gasteiger partial charge in [-0.25, -0.2) is 0 Å². The monoisotopic (exact) mass is 650 g/mol. The summed E-state index contributed by atoms with van der Waals surface area (Å²) in [5.74, 6) is -0.0284. The van der Waals surface area contributed by atoms with Crippen LogP contribution in [0.1, 0.15) is 22.3 Å². The van der Waals surface area contributed by atoms with Gasteiger partial charge in [0.2, 0.25) is 0 Å². The van der Waals surface area contributed by atoms with Crippen molar-refractivity contribution in [2.75, 3.05) is 6.54 Å². The Morgan fingerprint density at radius 2 is 1.48 bits per heavy atom. The standard InChI is InChI=1S/C9H9NO.C9H13N.2W/c1-7-4-2-3-5-8(7)6-9(10)11;1-8-4-2-3-5-9(8)6-7-10;;/h2-5H,6H2,1H3;2-5H,6-7,10H2,1H3;;. The van der Waals surface area contributed by atoms with E-state index in [9.17, 15) is 4.79 Å². The summed E-state index contributed by atoms with van der Waals surface area (Å²) in [6, 6.07) is 16.2. The summed E-state index contributed by atoms with van der Waals surface area (Å²) in [7, 11) is 0. The fourth-order valence-electron chi connectivity index (χ4n) is 2.05. The molecule has 0 saturated heterocycles. The van der Waals surface area contributed by atoms with Crippen LogP contribution in [-0.4, -0.2) is 12.5 Å². The summed E-state index contributed by atoms with van der Waals surface area (Å²) >= 11 is 0.976. The molecule has 0 bridgehead atoms. The zero-order valence-corrected chi connectivity index (χ0v) is 19.4. The second-order valence-electron chi connectivity index (χ2n) is 5.05. The SMILES string of the molecule is Cc1ccccc1CC(=O)[N]=[W].Cc1ccccc1CCN.[W]. The second kappa shape index (κ2) is 12.6. The molecule has 0 atom stereocenters. The molecule has 0 saturated carbocycles. The summed E-state index contributed by atoms with van der Waals surface area (Å²) in [6.45, 7) is 4.86. The van der Waals surface area contributed by atoms with Crippen LogP contribution in [0.4, 0.5) is 0 Å². The molecule has 0 aliphatic rings. The first-order chi connectivity index (χ1) is 10.6. The molecule has 0 aromatic heterocycles. The molecule has 2 N–H and O–H groups in total. The van der Waals surface area contributed by atoms with E-state index in [-0.39, 0.29) is 27.0 Å². The normalized spacial score (nSPS) is 9.17. The Hall–Kier alpha value is -0.753. The maximum Gasteiger partial charge on any atom is 0 e. The average Bonchev–Trinajstić information content (AvgIpc) is 2.52. The Labute approximate surface area is 164 Å². The first kappa shape index (κ1) is 22.2. The minimum Gasteiger partial charge on any atom is -0.330 e. The Morgan fingerprint density at radius 3 is 1.91 bits per heavy atom. The van der Waals surface area contributed by atoms with Crippen LogP contribution in [-0.2, 0) is 58.3 Å². The van der Waals surface area contributed by atoms with E-state index >= 15 is 0 Å². The van der Waals surface area contributed by atoms with Crippen molar-refractivity contribution in [2.24, 2.45) is 9.23 Å². The van der Waals surface area contributed by atoms with Crippen molar-refractivity contribution in [3.8, 4) is 0 Å². The molecular weight excluding hydrogens is 628 g/mol. The van der Waals surface area contributed by atoms with Crippen LogP contribution < -0.4 is 5.73 Å². The van der Waals surface area contributed by atoms with Crippen LogP contribution in [0.2, 0.25) is 0 Å². The molecule has 23 heavy (non-hydrogen) atoms. The van der Waals surface area contributed by atoms with Crippen molar-refractivity contribution in [1.29, 1.82) is 0 Å². The number of nitrogens with two attached hydrogens (primary N) is 1. The van der Waals surface area contributed by atoms with Gasteiger partial charge >= 0.3 is 82.6 Å². The number of hydrogen-bond donors (Lipinski definition) is 1. The molecule has 0 heterocycles. The molecule has 0 fully saturated rings. The number of rotatable bonds is 4. The van der Waals surface area contributed by atoms with E-state index in [2.05, 4.69) is 34.7 Å². The number of carbonyl (C=O) groups excluding carboxylic acids is 1. The van der Waals surface area contributed by atoms with Crippen molar-refractivity contribution in [2.45, 2.75) is 26.7 Å². The number of hydrogen-bond acceptors (Lipinski definition) is 2. The van der Waals surface area contributed by atoms with Gasteiger partial charge in [-0.05, 0) is 31.0 Å². The Morgan fingerprint density at radius 1 is 1.00 bits per heavy atom. The minimum absolute atomic E-state index is 0. The molecule has 0 radical (unpaired) electrons. The second-order valence-corrected chi connectivity index (χ2v) is 5.71. The van der Waals surface area contributed by atoms with Gasteiger partial charge in [0.05, 0.1) is 0 Å². The Balaban J connectivity index is 0.000000409. The van der Waals surface area contributed by atoms with E-state index in [4.69, 9.17) is 5.73 Å². The molecule has 3 nitrogen and oxygen atoms in total. The molecular formula is C18H22N2OW2. The van der Waals surface area contributed by atoms with Crippen LogP contribution >= 0.6 is 0 Å². The van der Waals surface area contributed by atoms with E-state index in [1.54, 1.807) is 0 Å². The maximum atomic E-state index is 11.0. The van der Waals surface area contributed by atoms with E-state index in [0.29, 0.717) is 6.42 Å². The topological polar surface area (TPSA) is 55.5 Å². The quantitative estimate of drug-likeness (QED) is 0.553. The molecule has 1 amide bonds. The summed E-state index contributed by atoms with van der Waals surface area (Å²) in [6.07, 6.45) is 1.43. The van der Waals surface area contributed by atoms with Crippen molar-refractivity contribution in [1.82, 2.24) is 0 Å². The third kappa shape index (κ3) is 8.60. The first-order valence-corrected chi connectivity index (χ1v) is 8.55. The average molecular weight is 650 g/mol. The van der Waals surface area contributed by atoms with Crippen LogP contribution in [0, 0.1) is 13.8 Å². The van der Waals surface area contributed by atoms with E-state index in [1.807, 2.05) is 31.2 Å². The minimum atomic E-state index is -0.0284. The summed E-state index contributed by atoms with van der Waals surface area (Å²) in [4.78, 5) is 11.0. The molecule has 0 spiro atoms. The first-order valence-electron chi connectivity index (χ1n) is 7.23. The van der Waals surface area contributed by atoms with Gasteiger partial charge in [0.25, 0.3) is 0 Å². The fourth-order valence-corrected chi connectivity index (χ4v) is 2.28. The van der Waals surface area contributed by atoms with Gasteiger partial charge in [0.1, 0.15) is 0 Å². The fraction of sp³-hybridized carbons (Fsp3) is 0.278. The molecule has 2 aromatic carbocycles. The smallest absolute Gasteiger partial charge is 0 e. The largest absolute Gasteiger partial charge is 0.330 e. The zero-order chi connectivity index (χ0) is 16.4. The van der Waals surface area contributed by atoms with Gasteiger partial charge in [-0.1, -0.05) is 24.3 Å². The van der Waals surface area contributed by atoms with Gasteiger partial charge in [-0.3, -0.25) is 0 Å². The molecule has 0 aliphatic heterocycles. The van der Waals surface area contributed by atoms with Crippen LogP contribution in [0.5, 0.6) is 0 Å².